The molecule has 4 aromatic carbocycles. The molecule has 2 amide bonds. The third-order valence-electron chi connectivity index (χ3n) is 5.37. The molecule has 0 aliphatic carbocycles. The van der Waals surface area contributed by atoms with Gasteiger partial charge in [0.05, 0.1) is 18.5 Å². The number of para-hydroxylation sites is 2. The molecule has 6 nitrogen and oxygen atoms in total. The first-order valence-corrected chi connectivity index (χ1v) is 11.4. The zero-order valence-electron chi connectivity index (χ0n) is 20.6. The van der Waals surface area contributed by atoms with E-state index >= 15 is 0 Å². The predicted octanol–water partition coefficient (Wildman–Crippen LogP) is 5.69. The van der Waals surface area contributed by atoms with E-state index in [1.54, 1.807) is 49.6 Å². The first-order chi connectivity index (χ1) is 17.8. The third-order valence-corrected chi connectivity index (χ3v) is 5.37. The Morgan fingerprint density at radius 3 is 2.00 bits per heavy atom. The first kappa shape index (κ1) is 26.7. The molecule has 0 atom stereocenters. The molecule has 188 valence electrons. The number of ether oxygens (including phenoxy) is 1. The van der Waals surface area contributed by atoms with Crippen LogP contribution in [0.15, 0.2) is 97.1 Å². The fraction of sp³-hybridized carbons (Fsp3) is 0.0667. The number of nitrogens with one attached hydrogen (secondary N) is 1. The van der Waals surface area contributed by atoms with E-state index in [1.807, 2.05) is 43.3 Å². The van der Waals surface area contributed by atoms with E-state index in [1.165, 1.54) is 24.3 Å². The van der Waals surface area contributed by atoms with E-state index < -0.39 is 5.91 Å². The molecular weight excluding hydrogens is 469 g/mol. The van der Waals surface area contributed by atoms with Crippen molar-refractivity contribution in [2.75, 3.05) is 18.2 Å². The minimum Gasteiger partial charge on any atom is -0.497 e. The van der Waals surface area contributed by atoms with Crippen molar-refractivity contribution in [3.8, 4) is 5.75 Å². The lowest BCUT2D eigenvalue weighted by molar-refractivity contribution is -0.112. The van der Waals surface area contributed by atoms with Gasteiger partial charge in [-0.2, -0.15) is 0 Å². The standard InChI is InChI=1S/C16H14FNO2.C14H14N2O/c1-20-14-8-2-11(3-9-14)10-15(16(18)19)12-4-6-13(17)7-5-12;1-10-6-8-11(9-7-10)14(17)16-13-5-3-2-4-12(13)15/h2-10H,1H3,(H2,18,19);2-9H,15H2,1H3,(H,16,17)/b15-10+;. The smallest absolute Gasteiger partial charge is 0.255 e. The molecule has 0 aliphatic heterocycles. The Kier molecular flexibility index (Phi) is 9.16. The zero-order valence-corrected chi connectivity index (χ0v) is 20.6. The molecule has 0 spiro atoms. The van der Waals surface area contributed by atoms with Gasteiger partial charge in [0.15, 0.2) is 0 Å². The number of nitrogens with two attached hydrogens (primary N) is 2. The summed E-state index contributed by atoms with van der Waals surface area (Å²) >= 11 is 0. The van der Waals surface area contributed by atoms with Gasteiger partial charge in [-0.1, -0.05) is 54.1 Å². The number of benzene rings is 4. The number of rotatable bonds is 6. The van der Waals surface area contributed by atoms with Crippen molar-refractivity contribution in [2.45, 2.75) is 6.92 Å². The van der Waals surface area contributed by atoms with Gasteiger partial charge in [-0.3, -0.25) is 9.59 Å². The summed E-state index contributed by atoms with van der Waals surface area (Å²) in [6.45, 7) is 1.98. The quantitative estimate of drug-likeness (QED) is 0.181. The predicted molar refractivity (Wildman–Crippen MR) is 146 cm³/mol. The minimum atomic E-state index is -0.563. The molecule has 0 radical (unpaired) electrons. The molecule has 0 unspecified atom stereocenters. The Labute approximate surface area is 215 Å². The molecule has 5 N–H and O–H groups in total. The Hall–Kier alpha value is -4.91. The second-order valence-corrected chi connectivity index (χ2v) is 8.11. The molecule has 0 heterocycles. The summed E-state index contributed by atoms with van der Waals surface area (Å²) < 4.78 is 18.0. The van der Waals surface area contributed by atoms with Crippen molar-refractivity contribution < 1.29 is 18.7 Å². The van der Waals surface area contributed by atoms with E-state index in [0.29, 0.717) is 28.1 Å². The SMILES string of the molecule is COc1ccc(/C=C(/C(N)=O)c2ccc(F)cc2)cc1.Cc1ccc(C(=O)Nc2ccccc2N)cc1. The third kappa shape index (κ3) is 7.80. The zero-order chi connectivity index (χ0) is 26.8. The van der Waals surface area contributed by atoms with Gasteiger partial charge in [0.2, 0.25) is 5.91 Å². The second kappa shape index (κ2) is 12.7. The van der Waals surface area contributed by atoms with E-state index in [4.69, 9.17) is 16.2 Å². The number of halogens is 1. The lowest BCUT2D eigenvalue weighted by atomic mass is 10.0. The minimum absolute atomic E-state index is 0.150. The largest absolute Gasteiger partial charge is 0.497 e. The van der Waals surface area contributed by atoms with Crippen molar-refractivity contribution in [3.63, 3.8) is 0 Å². The Bertz CT molecular complexity index is 1380. The number of carbonyl (C=O) groups is 2. The van der Waals surface area contributed by atoms with Crippen LogP contribution in [0.3, 0.4) is 0 Å². The average molecular weight is 498 g/mol. The number of primary amides is 1. The van der Waals surface area contributed by atoms with Crippen molar-refractivity contribution in [2.24, 2.45) is 5.73 Å². The summed E-state index contributed by atoms with van der Waals surface area (Å²) in [6, 6.07) is 27.4. The van der Waals surface area contributed by atoms with Crippen molar-refractivity contribution in [1.29, 1.82) is 0 Å². The van der Waals surface area contributed by atoms with Crippen LogP contribution in [0.2, 0.25) is 0 Å². The van der Waals surface area contributed by atoms with Crippen LogP contribution in [0.1, 0.15) is 27.0 Å². The fourth-order valence-corrected chi connectivity index (χ4v) is 3.30. The number of carbonyl (C=O) groups excluding carboxylic acids is 2. The highest BCUT2D eigenvalue weighted by Crippen LogP contribution is 2.20. The van der Waals surface area contributed by atoms with E-state index in [9.17, 15) is 14.0 Å². The fourth-order valence-electron chi connectivity index (χ4n) is 3.30. The normalized spacial score (nSPS) is 10.6. The second-order valence-electron chi connectivity index (χ2n) is 8.11. The van der Waals surface area contributed by atoms with Crippen molar-refractivity contribution in [1.82, 2.24) is 0 Å². The Morgan fingerprint density at radius 2 is 1.43 bits per heavy atom. The maximum Gasteiger partial charge on any atom is 0.255 e. The van der Waals surface area contributed by atoms with Gasteiger partial charge in [0.1, 0.15) is 11.6 Å². The number of hydrogen-bond donors (Lipinski definition) is 3. The summed E-state index contributed by atoms with van der Waals surface area (Å²) in [4.78, 5) is 23.5. The number of hydrogen-bond acceptors (Lipinski definition) is 4. The molecule has 0 saturated carbocycles. The summed E-state index contributed by atoms with van der Waals surface area (Å²) in [6.07, 6.45) is 1.66. The molecule has 0 aliphatic rings. The summed E-state index contributed by atoms with van der Waals surface area (Å²) in [7, 11) is 1.58. The van der Waals surface area contributed by atoms with Gasteiger partial charge in [-0.15, -0.1) is 0 Å². The summed E-state index contributed by atoms with van der Waals surface area (Å²) in [5, 5.41) is 2.78. The summed E-state index contributed by atoms with van der Waals surface area (Å²) in [5.41, 5.74) is 15.8. The molecule has 4 rings (SSSR count). The van der Waals surface area contributed by atoms with Crippen LogP contribution in [-0.2, 0) is 4.79 Å². The Balaban J connectivity index is 0.000000208. The lowest BCUT2D eigenvalue weighted by Crippen LogP contribution is -2.12. The molecule has 7 heteroatoms. The highest BCUT2D eigenvalue weighted by atomic mass is 19.1. The lowest BCUT2D eigenvalue weighted by Gasteiger charge is -2.07. The molecule has 0 bridgehead atoms. The van der Waals surface area contributed by atoms with Crippen LogP contribution in [0.4, 0.5) is 15.8 Å². The van der Waals surface area contributed by atoms with Gasteiger partial charge in [0.25, 0.3) is 5.91 Å². The van der Waals surface area contributed by atoms with E-state index in [2.05, 4.69) is 5.32 Å². The molecule has 37 heavy (non-hydrogen) atoms. The van der Waals surface area contributed by atoms with Crippen LogP contribution in [0.5, 0.6) is 5.75 Å². The number of methoxy groups -OCH3 is 1. The monoisotopic (exact) mass is 497 g/mol. The number of aryl methyl sites for hydroxylation is 1. The van der Waals surface area contributed by atoms with E-state index in [-0.39, 0.29) is 11.7 Å². The van der Waals surface area contributed by atoms with Crippen LogP contribution >= 0.6 is 0 Å². The molecule has 4 aromatic rings. The van der Waals surface area contributed by atoms with Crippen LogP contribution in [-0.4, -0.2) is 18.9 Å². The first-order valence-electron chi connectivity index (χ1n) is 11.4. The van der Waals surface area contributed by atoms with Gasteiger partial charge >= 0.3 is 0 Å². The molecule has 0 aromatic heterocycles. The topological polar surface area (TPSA) is 107 Å². The molecular formula is C30H28FN3O3. The maximum atomic E-state index is 12.9. The highest BCUT2D eigenvalue weighted by Gasteiger charge is 2.09. The molecule has 0 saturated heterocycles. The van der Waals surface area contributed by atoms with Crippen LogP contribution in [0.25, 0.3) is 11.6 Å². The number of amides is 2. The van der Waals surface area contributed by atoms with Gasteiger partial charge in [-0.05, 0) is 72.7 Å². The Morgan fingerprint density at radius 1 is 0.838 bits per heavy atom. The van der Waals surface area contributed by atoms with E-state index in [0.717, 1.165) is 16.9 Å². The van der Waals surface area contributed by atoms with Crippen molar-refractivity contribution in [3.05, 3.63) is 125 Å². The summed E-state index contributed by atoms with van der Waals surface area (Å²) in [5.74, 6) is -0.345. The van der Waals surface area contributed by atoms with Gasteiger partial charge in [-0.25, -0.2) is 4.39 Å². The average Bonchev–Trinajstić information content (AvgIpc) is 2.90. The van der Waals surface area contributed by atoms with Crippen LogP contribution in [0, 0.1) is 12.7 Å². The van der Waals surface area contributed by atoms with Gasteiger partial charge < -0.3 is 21.5 Å². The van der Waals surface area contributed by atoms with Crippen LogP contribution < -0.4 is 21.5 Å². The number of anilines is 2. The molecule has 0 fully saturated rings. The number of nitrogen functional groups attached to an aromatic ring is 1. The van der Waals surface area contributed by atoms with Gasteiger partial charge in [0, 0.05) is 11.1 Å². The van der Waals surface area contributed by atoms with Crippen molar-refractivity contribution >= 4 is 34.8 Å². The highest BCUT2D eigenvalue weighted by molar-refractivity contribution is 6.23. The maximum absolute atomic E-state index is 12.9.